The Bertz CT molecular complexity index is 1140. The third-order valence-corrected chi connectivity index (χ3v) is 8.94. The molecule has 3 aliphatic heterocycles. The average molecular weight is 502 g/mol. The van der Waals surface area contributed by atoms with Crippen molar-refractivity contribution in [2.45, 2.75) is 51.5 Å². The number of aromatic nitrogens is 1. The highest BCUT2D eigenvalue weighted by Gasteiger charge is 2.60. The topological polar surface area (TPSA) is 68.8 Å². The lowest BCUT2D eigenvalue weighted by Crippen LogP contribution is -2.35. The van der Waals surface area contributed by atoms with Gasteiger partial charge in [-0.05, 0) is 79.4 Å². The van der Waals surface area contributed by atoms with Crippen LogP contribution >= 0.6 is 0 Å². The number of nitrogens with zero attached hydrogens (tertiary/aromatic N) is 4. The Balaban J connectivity index is 0.987. The molecular weight excluding hydrogens is 462 g/mol. The van der Waals surface area contributed by atoms with E-state index in [2.05, 4.69) is 53.0 Å². The fourth-order valence-electron chi connectivity index (χ4n) is 6.60. The van der Waals surface area contributed by atoms with Crippen molar-refractivity contribution in [3.63, 3.8) is 0 Å². The number of anilines is 2. The van der Waals surface area contributed by atoms with Gasteiger partial charge in [0, 0.05) is 43.7 Å². The van der Waals surface area contributed by atoms with E-state index in [-0.39, 0.29) is 35.0 Å². The fourth-order valence-corrected chi connectivity index (χ4v) is 6.60. The van der Waals surface area contributed by atoms with Crippen molar-refractivity contribution in [2.24, 2.45) is 17.8 Å². The zero-order valence-corrected chi connectivity index (χ0v) is 22.3. The summed E-state index contributed by atoms with van der Waals surface area (Å²) in [5, 5.41) is 3.07. The van der Waals surface area contributed by atoms with E-state index in [1.807, 2.05) is 29.2 Å². The monoisotopic (exact) mass is 501 g/mol. The van der Waals surface area contributed by atoms with Gasteiger partial charge in [-0.2, -0.15) is 0 Å². The molecule has 1 aromatic carbocycles. The highest BCUT2D eigenvalue weighted by Crippen LogP contribution is 2.52. The van der Waals surface area contributed by atoms with Crippen molar-refractivity contribution >= 4 is 23.3 Å². The number of piperidine rings is 1. The number of benzene rings is 1. The number of fused-ring (bicyclic) bond motifs is 1. The van der Waals surface area contributed by atoms with E-state index in [0.29, 0.717) is 19.1 Å². The number of hydrogen-bond acceptors (Lipinski definition) is 5. The number of nitrogens with one attached hydrogen (secondary N) is 1. The van der Waals surface area contributed by atoms with Gasteiger partial charge in [0.25, 0.3) is 5.91 Å². The van der Waals surface area contributed by atoms with Crippen molar-refractivity contribution in [1.29, 1.82) is 0 Å². The second-order valence-electron chi connectivity index (χ2n) is 12.4. The molecule has 4 fully saturated rings. The van der Waals surface area contributed by atoms with Crippen LogP contribution in [0.25, 0.3) is 0 Å². The van der Waals surface area contributed by atoms with Gasteiger partial charge in [-0.25, -0.2) is 4.98 Å². The Morgan fingerprint density at radius 1 is 0.919 bits per heavy atom. The van der Waals surface area contributed by atoms with E-state index < -0.39 is 0 Å². The van der Waals surface area contributed by atoms with Crippen LogP contribution in [-0.4, -0.2) is 71.9 Å². The first kappa shape index (κ1) is 24.4. The molecule has 0 spiro atoms. The molecule has 1 aliphatic carbocycles. The number of amides is 2. The zero-order valence-electron chi connectivity index (χ0n) is 22.3. The molecule has 6 rings (SSSR count). The number of pyridine rings is 1. The molecule has 7 heteroatoms. The molecule has 2 amide bonds. The van der Waals surface area contributed by atoms with Crippen LogP contribution in [0.3, 0.4) is 0 Å². The summed E-state index contributed by atoms with van der Waals surface area (Å²) in [6.45, 7) is 12.4. The van der Waals surface area contributed by atoms with Crippen LogP contribution in [0.4, 0.5) is 11.5 Å². The molecule has 7 nitrogen and oxygen atoms in total. The van der Waals surface area contributed by atoms with Crippen LogP contribution in [0, 0.1) is 17.8 Å². The van der Waals surface area contributed by atoms with Crippen molar-refractivity contribution in [2.75, 3.05) is 49.5 Å². The van der Waals surface area contributed by atoms with Gasteiger partial charge in [-0.1, -0.05) is 32.9 Å². The molecule has 196 valence electrons. The molecule has 0 radical (unpaired) electrons. The average Bonchev–Trinajstić information content (AvgIpc) is 3.40. The van der Waals surface area contributed by atoms with Crippen molar-refractivity contribution in [1.82, 2.24) is 14.8 Å². The van der Waals surface area contributed by atoms with Gasteiger partial charge in [0.1, 0.15) is 5.82 Å². The summed E-state index contributed by atoms with van der Waals surface area (Å²) in [4.78, 5) is 37.5. The Morgan fingerprint density at radius 2 is 1.62 bits per heavy atom. The molecule has 0 bridgehead atoms. The number of hydrogen-bond donors (Lipinski definition) is 1. The normalized spacial score (nSPS) is 27.4. The van der Waals surface area contributed by atoms with E-state index in [0.717, 1.165) is 30.2 Å². The number of carbonyl (C=O) groups is 2. The Hall–Kier alpha value is -2.93. The Kier molecular flexibility index (Phi) is 6.22. The van der Waals surface area contributed by atoms with Gasteiger partial charge in [0.05, 0.1) is 11.9 Å². The minimum absolute atomic E-state index is 0.00760. The Morgan fingerprint density at radius 3 is 2.24 bits per heavy atom. The molecule has 37 heavy (non-hydrogen) atoms. The predicted molar refractivity (Wildman–Crippen MR) is 146 cm³/mol. The largest absolute Gasteiger partial charge is 0.355 e. The molecule has 4 aliphatic rings. The Labute approximate surface area is 220 Å². The number of likely N-dealkylation sites (tertiary alicyclic amines) is 2. The maximum absolute atomic E-state index is 13.0. The van der Waals surface area contributed by atoms with Gasteiger partial charge in [0.2, 0.25) is 5.91 Å². The molecule has 3 saturated heterocycles. The van der Waals surface area contributed by atoms with Crippen LogP contribution in [0.15, 0.2) is 42.6 Å². The van der Waals surface area contributed by atoms with Gasteiger partial charge in [-0.3, -0.25) is 14.5 Å². The molecule has 1 aromatic heterocycles. The summed E-state index contributed by atoms with van der Waals surface area (Å²) in [7, 11) is 0. The lowest BCUT2D eigenvalue weighted by Gasteiger charge is -2.24. The molecule has 3 unspecified atom stereocenters. The summed E-state index contributed by atoms with van der Waals surface area (Å²) >= 11 is 0. The quantitative estimate of drug-likeness (QED) is 0.671. The number of carbonyl (C=O) groups excluding carboxylic acids is 2. The van der Waals surface area contributed by atoms with Crippen LogP contribution in [-0.2, 0) is 10.2 Å². The van der Waals surface area contributed by atoms with Crippen LogP contribution < -0.4 is 10.2 Å². The highest BCUT2D eigenvalue weighted by molar-refractivity contribution is 5.97. The van der Waals surface area contributed by atoms with E-state index >= 15 is 0 Å². The number of rotatable bonds is 5. The van der Waals surface area contributed by atoms with Crippen molar-refractivity contribution < 1.29 is 9.59 Å². The first-order chi connectivity index (χ1) is 17.8. The second kappa shape index (κ2) is 9.43. The van der Waals surface area contributed by atoms with Crippen molar-refractivity contribution in [3.8, 4) is 0 Å². The van der Waals surface area contributed by atoms with Crippen LogP contribution in [0.5, 0.6) is 0 Å². The SMILES string of the molecule is CC(C)(C)c1ccc(C(=O)N2CC3C(C2)C3C(=O)Nc2ccc(N3CCC(N4CCCC4)C3)nc2)cc1. The first-order valence-electron chi connectivity index (χ1n) is 13.9. The van der Waals surface area contributed by atoms with E-state index in [1.54, 1.807) is 6.20 Å². The van der Waals surface area contributed by atoms with Crippen LogP contribution in [0.1, 0.15) is 56.0 Å². The summed E-state index contributed by atoms with van der Waals surface area (Å²) in [6, 6.07) is 12.6. The van der Waals surface area contributed by atoms with Crippen LogP contribution in [0.2, 0.25) is 0 Å². The van der Waals surface area contributed by atoms with Gasteiger partial charge in [-0.15, -0.1) is 0 Å². The first-order valence-corrected chi connectivity index (χ1v) is 13.9. The van der Waals surface area contributed by atoms with Gasteiger partial charge < -0.3 is 15.1 Å². The lowest BCUT2D eigenvalue weighted by molar-refractivity contribution is -0.118. The maximum Gasteiger partial charge on any atom is 0.253 e. The molecular formula is C30H39N5O2. The molecule has 2 aromatic rings. The minimum Gasteiger partial charge on any atom is -0.355 e. The molecule has 4 heterocycles. The summed E-state index contributed by atoms with van der Waals surface area (Å²) in [5.74, 6) is 1.63. The van der Waals surface area contributed by atoms with E-state index in [9.17, 15) is 9.59 Å². The standard InChI is InChI=1S/C30H39N5O2/c1-30(2,3)21-8-6-20(7-9-21)29(37)35-18-24-25(19-35)27(24)28(36)32-22-10-11-26(31-16-22)34-15-12-23(17-34)33-13-4-5-14-33/h6-11,16,23-25,27H,4-5,12-15,17-19H2,1-3H3,(H,32,36). The predicted octanol–water partition coefficient (Wildman–Crippen LogP) is 4.01. The zero-order chi connectivity index (χ0) is 25.7. The third kappa shape index (κ3) is 4.86. The maximum atomic E-state index is 13.0. The third-order valence-electron chi connectivity index (χ3n) is 8.94. The van der Waals surface area contributed by atoms with Crippen molar-refractivity contribution in [3.05, 3.63) is 53.7 Å². The second-order valence-corrected chi connectivity index (χ2v) is 12.4. The molecule has 1 saturated carbocycles. The minimum atomic E-state index is -0.00760. The summed E-state index contributed by atoms with van der Waals surface area (Å²) < 4.78 is 0. The molecule has 3 atom stereocenters. The highest BCUT2D eigenvalue weighted by atomic mass is 16.2. The smallest absolute Gasteiger partial charge is 0.253 e. The van der Waals surface area contributed by atoms with Gasteiger partial charge >= 0.3 is 0 Å². The van der Waals surface area contributed by atoms with E-state index in [4.69, 9.17) is 0 Å². The fraction of sp³-hybridized carbons (Fsp3) is 0.567. The van der Waals surface area contributed by atoms with Gasteiger partial charge in [0.15, 0.2) is 0 Å². The lowest BCUT2D eigenvalue weighted by atomic mass is 9.86. The van der Waals surface area contributed by atoms with E-state index in [1.165, 1.54) is 37.9 Å². The summed E-state index contributed by atoms with van der Waals surface area (Å²) in [6.07, 6.45) is 5.63. The summed E-state index contributed by atoms with van der Waals surface area (Å²) in [5.41, 5.74) is 2.77. The molecule has 1 N–H and O–H groups in total.